The van der Waals surface area contributed by atoms with Gasteiger partial charge in [0.25, 0.3) is 0 Å². The van der Waals surface area contributed by atoms with E-state index in [0.717, 1.165) is 55.0 Å². The molecule has 252 valence electrons. The molecule has 0 saturated heterocycles. The molecule has 0 saturated carbocycles. The average Bonchev–Trinajstić information content (AvgIpc) is 3.82. The van der Waals surface area contributed by atoms with Gasteiger partial charge in [-0.3, -0.25) is 0 Å². The lowest BCUT2D eigenvalue weighted by atomic mass is 9.99. The molecule has 0 fully saturated rings. The van der Waals surface area contributed by atoms with Crippen LogP contribution in [-0.4, -0.2) is 15.0 Å². The van der Waals surface area contributed by atoms with E-state index in [0.29, 0.717) is 17.5 Å². The molecule has 0 atom stereocenters. The Balaban J connectivity index is 1.07. The summed E-state index contributed by atoms with van der Waals surface area (Å²) in [5, 5.41) is 6.87. The lowest BCUT2D eigenvalue weighted by Crippen LogP contribution is -2.00. The van der Waals surface area contributed by atoms with Crippen LogP contribution in [-0.2, 0) is 0 Å². The van der Waals surface area contributed by atoms with Gasteiger partial charge in [-0.15, -0.1) is 11.3 Å². The fourth-order valence-electron chi connectivity index (χ4n) is 7.69. The number of thiophene rings is 1. The van der Waals surface area contributed by atoms with E-state index in [1.165, 1.54) is 36.9 Å². The second-order valence-electron chi connectivity index (χ2n) is 13.6. The number of nitrogens with zero attached hydrogens (tertiary/aromatic N) is 3. The van der Waals surface area contributed by atoms with Crippen LogP contribution in [0, 0.1) is 0 Å². The van der Waals surface area contributed by atoms with Crippen LogP contribution in [0.1, 0.15) is 0 Å². The van der Waals surface area contributed by atoms with Crippen LogP contribution in [0.25, 0.3) is 109 Å². The number of aromatic nitrogens is 3. The van der Waals surface area contributed by atoms with Crippen molar-refractivity contribution in [1.29, 1.82) is 0 Å². The molecule has 0 N–H and O–H groups in total. The van der Waals surface area contributed by atoms with E-state index in [-0.39, 0.29) is 0 Å². The lowest BCUT2D eigenvalue weighted by Gasteiger charge is -2.10. The molecule has 4 nitrogen and oxygen atoms in total. The van der Waals surface area contributed by atoms with E-state index in [1.54, 1.807) is 0 Å². The number of fused-ring (bicyclic) bond motifs is 7. The molecule has 0 radical (unpaired) electrons. The molecule has 0 spiro atoms. The Hall–Kier alpha value is -6.95. The lowest BCUT2D eigenvalue weighted by molar-refractivity contribution is 0.669. The summed E-state index contributed by atoms with van der Waals surface area (Å²) < 4.78 is 9.18. The van der Waals surface area contributed by atoms with Crippen molar-refractivity contribution in [1.82, 2.24) is 15.0 Å². The summed E-state index contributed by atoms with van der Waals surface area (Å²) in [6.45, 7) is 0. The number of hydrogen-bond donors (Lipinski definition) is 0. The highest BCUT2D eigenvalue weighted by Crippen LogP contribution is 2.42. The minimum absolute atomic E-state index is 0.601. The Bertz CT molecular complexity index is 3220. The molecular formula is C49H29N3OS. The number of hydrogen-bond acceptors (Lipinski definition) is 5. The molecule has 0 amide bonds. The molecule has 3 aromatic heterocycles. The third-order valence-corrected chi connectivity index (χ3v) is 11.5. The molecule has 5 heteroatoms. The second kappa shape index (κ2) is 12.3. The van der Waals surface area contributed by atoms with E-state index < -0.39 is 0 Å². The van der Waals surface area contributed by atoms with Crippen molar-refractivity contribution in [3.8, 4) is 56.4 Å². The largest absolute Gasteiger partial charge is 0.456 e. The van der Waals surface area contributed by atoms with Gasteiger partial charge in [-0.05, 0) is 69.4 Å². The first-order valence-corrected chi connectivity index (χ1v) is 18.8. The monoisotopic (exact) mass is 707 g/mol. The minimum Gasteiger partial charge on any atom is -0.456 e. The van der Waals surface area contributed by atoms with E-state index in [2.05, 4.69) is 127 Å². The van der Waals surface area contributed by atoms with E-state index in [4.69, 9.17) is 19.4 Å². The maximum absolute atomic E-state index is 6.61. The first-order chi connectivity index (χ1) is 26.7. The van der Waals surface area contributed by atoms with Gasteiger partial charge in [0.1, 0.15) is 11.2 Å². The topological polar surface area (TPSA) is 51.8 Å². The van der Waals surface area contributed by atoms with Crippen molar-refractivity contribution in [2.45, 2.75) is 0 Å². The summed E-state index contributed by atoms with van der Waals surface area (Å²) in [4.78, 5) is 15.3. The molecule has 3 heterocycles. The van der Waals surface area contributed by atoms with Crippen LogP contribution in [0.15, 0.2) is 180 Å². The summed E-state index contributed by atoms with van der Waals surface area (Å²) >= 11 is 1.84. The molecule has 11 rings (SSSR count). The van der Waals surface area contributed by atoms with Crippen LogP contribution in [0.4, 0.5) is 0 Å². The van der Waals surface area contributed by atoms with Crippen molar-refractivity contribution >= 4 is 64.2 Å². The SMILES string of the molecule is c1ccc(-c2ccc3ccc(-c4nc(-c5ccccc5)nc(-c5cccc6oc7cc(-c8cccc9c8sc8ccccc89)ccc7c56)n4)cc3c2)cc1. The van der Waals surface area contributed by atoms with Crippen LogP contribution in [0.2, 0.25) is 0 Å². The smallest absolute Gasteiger partial charge is 0.164 e. The Morgan fingerprint density at radius 1 is 0.370 bits per heavy atom. The molecule has 0 bridgehead atoms. The molecule has 11 aromatic rings. The zero-order chi connectivity index (χ0) is 35.6. The van der Waals surface area contributed by atoms with Crippen molar-refractivity contribution in [3.05, 3.63) is 176 Å². The van der Waals surface area contributed by atoms with Crippen molar-refractivity contribution < 1.29 is 4.42 Å². The normalized spacial score (nSPS) is 11.7. The second-order valence-corrected chi connectivity index (χ2v) is 14.6. The van der Waals surface area contributed by atoms with Crippen molar-refractivity contribution in [2.75, 3.05) is 0 Å². The standard InChI is InChI=1S/C49H29N3OS/c1-3-11-30(12-4-1)33-23-21-31-22-24-35(28-36(31)27-33)48-50-47(32-13-5-2-6-14-32)51-49(52-48)41-18-10-19-42-45(41)40-26-25-34(29-43(40)53-42)37-16-9-17-39-38-15-7-8-20-44(38)54-46(37)39/h1-29H. The Kier molecular flexibility index (Phi) is 7.00. The van der Waals surface area contributed by atoms with Gasteiger partial charge in [-0.25, -0.2) is 15.0 Å². The fraction of sp³-hybridized carbons (Fsp3) is 0. The van der Waals surface area contributed by atoms with Gasteiger partial charge in [-0.2, -0.15) is 0 Å². The van der Waals surface area contributed by atoms with Crippen molar-refractivity contribution in [2.24, 2.45) is 0 Å². The number of rotatable bonds is 5. The summed E-state index contributed by atoms with van der Waals surface area (Å²) in [5.41, 5.74) is 9.07. The predicted octanol–water partition coefficient (Wildman–Crippen LogP) is 13.6. The Morgan fingerprint density at radius 3 is 1.87 bits per heavy atom. The highest BCUT2D eigenvalue weighted by atomic mass is 32.1. The van der Waals surface area contributed by atoms with Gasteiger partial charge < -0.3 is 4.42 Å². The Morgan fingerprint density at radius 2 is 1.02 bits per heavy atom. The molecule has 0 aliphatic carbocycles. The quantitative estimate of drug-likeness (QED) is 0.179. The average molecular weight is 708 g/mol. The highest BCUT2D eigenvalue weighted by molar-refractivity contribution is 7.26. The first-order valence-electron chi connectivity index (χ1n) is 18.0. The molecule has 54 heavy (non-hydrogen) atoms. The van der Waals surface area contributed by atoms with Crippen LogP contribution in [0.3, 0.4) is 0 Å². The third-order valence-electron chi connectivity index (χ3n) is 10.3. The minimum atomic E-state index is 0.601. The third kappa shape index (κ3) is 5.09. The van der Waals surface area contributed by atoms with Crippen LogP contribution < -0.4 is 0 Å². The van der Waals surface area contributed by atoms with Gasteiger partial charge in [0.05, 0.1) is 0 Å². The summed E-state index contributed by atoms with van der Waals surface area (Å²) in [6, 6.07) is 61.5. The highest BCUT2D eigenvalue weighted by Gasteiger charge is 2.19. The van der Waals surface area contributed by atoms with Gasteiger partial charge in [-0.1, -0.05) is 140 Å². The van der Waals surface area contributed by atoms with Crippen LogP contribution in [0.5, 0.6) is 0 Å². The maximum Gasteiger partial charge on any atom is 0.164 e. The van der Waals surface area contributed by atoms with Gasteiger partial charge >= 0.3 is 0 Å². The molecule has 0 aliphatic rings. The van der Waals surface area contributed by atoms with Crippen molar-refractivity contribution in [3.63, 3.8) is 0 Å². The van der Waals surface area contributed by atoms with Crippen LogP contribution >= 0.6 is 11.3 Å². The number of furan rings is 1. The van der Waals surface area contributed by atoms with E-state index >= 15 is 0 Å². The maximum atomic E-state index is 6.61. The van der Waals surface area contributed by atoms with E-state index in [1.807, 2.05) is 59.9 Å². The zero-order valence-electron chi connectivity index (χ0n) is 28.9. The summed E-state index contributed by atoms with van der Waals surface area (Å²) in [5.74, 6) is 1.84. The molecular weight excluding hydrogens is 679 g/mol. The molecule has 0 unspecified atom stereocenters. The predicted molar refractivity (Wildman–Crippen MR) is 225 cm³/mol. The van der Waals surface area contributed by atoms with E-state index in [9.17, 15) is 0 Å². The molecule has 0 aliphatic heterocycles. The van der Waals surface area contributed by atoms with Gasteiger partial charge in [0, 0.05) is 47.6 Å². The van der Waals surface area contributed by atoms with Gasteiger partial charge in [0.15, 0.2) is 17.5 Å². The fourth-order valence-corrected chi connectivity index (χ4v) is 8.93. The first kappa shape index (κ1) is 30.7. The zero-order valence-corrected chi connectivity index (χ0v) is 29.7. The summed E-state index contributed by atoms with van der Waals surface area (Å²) in [7, 11) is 0. The summed E-state index contributed by atoms with van der Waals surface area (Å²) in [6.07, 6.45) is 0. The molecule has 8 aromatic carbocycles. The number of benzene rings is 8. The Labute approximate surface area is 314 Å². The van der Waals surface area contributed by atoms with Gasteiger partial charge in [0.2, 0.25) is 0 Å².